The van der Waals surface area contributed by atoms with Crippen molar-refractivity contribution in [1.82, 2.24) is 15.5 Å². The molecule has 1 aliphatic rings. The fourth-order valence-corrected chi connectivity index (χ4v) is 3.92. The molecule has 0 aliphatic carbocycles. The summed E-state index contributed by atoms with van der Waals surface area (Å²) in [6.07, 6.45) is 2.57. The fourth-order valence-electron chi connectivity index (χ4n) is 3.92. The summed E-state index contributed by atoms with van der Waals surface area (Å²) in [6, 6.07) is 19.6. The molecular weight excluding hydrogens is 513 g/mol. The number of nitrogens with one attached hydrogen (secondary N) is 3. The Hall–Kier alpha value is -1.84. The number of hydrogen-bond acceptors (Lipinski definition) is 4. The second-order valence-corrected chi connectivity index (χ2v) is 7.86. The molecule has 1 unspecified atom stereocenters. The number of anilines is 1. The monoisotopic (exact) mass is 551 g/mol. The molecule has 2 aromatic carbocycles. The zero-order valence-electron chi connectivity index (χ0n) is 19.3. The quantitative estimate of drug-likeness (QED) is 0.169. The third-order valence-electron chi connectivity index (χ3n) is 5.58. The van der Waals surface area contributed by atoms with E-state index in [1.807, 2.05) is 0 Å². The van der Waals surface area contributed by atoms with E-state index in [4.69, 9.17) is 9.73 Å². The highest BCUT2D eigenvalue weighted by atomic mass is 127. The van der Waals surface area contributed by atoms with E-state index in [0.717, 1.165) is 31.3 Å². The van der Waals surface area contributed by atoms with Crippen molar-refractivity contribution in [2.45, 2.75) is 32.4 Å². The SMILES string of the molecule is CCNC(=NCc1ccc(NCCOC)cc1)NCC(c1ccccc1)N1CCCC1.I. The minimum absolute atomic E-state index is 0. The third kappa shape index (κ3) is 8.60. The molecule has 1 atom stereocenters. The number of benzene rings is 2. The first-order chi connectivity index (χ1) is 15.3. The predicted octanol–water partition coefficient (Wildman–Crippen LogP) is 4.26. The predicted molar refractivity (Wildman–Crippen MR) is 145 cm³/mol. The minimum atomic E-state index is 0. The van der Waals surface area contributed by atoms with Crippen molar-refractivity contribution in [3.63, 3.8) is 0 Å². The zero-order chi connectivity index (χ0) is 21.7. The molecule has 0 radical (unpaired) electrons. The van der Waals surface area contributed by atoms with E-state index in [-0.39, 0.29) is 24.0 Å². The molecule has 3 rings (SSSR count). The van der Waals surface area contributed by atoms with Crippen molar-refractivity contribution >= 4 is 35.6 Å². The van der Waals surface area contributed by atoms with Crippen molar-refractivity contribution in [3.05, 3.63) is 65.7 Å². The summed E-state index contributed by atoms with van der Waals surface area (Å²) in [5.74, 6) is 0.866. The van der Waals surface area contributed by atoms with E-state index in [0.29, 0.717) is 19.2 Å². The van der Waals surface area contributed by atoms with Crippen molar-refractivity contribution in [3.8, 4) is 0 Å². The van der Waals surface area contributed by atoms with Gasteiger partial charge in [-0.3, -0.25) is 4.90 Å². The Balaban J connectivity index is 0.00000363. The van der Waals surface area contributed by atoms with E-state index in [1.165, 1.54) is 37.1 Å². The van der Waals surface area contributed by atoms with Gasteiger partial charge in [-0.1, -0.05) is 42.5 Å². The summed E-state index contributed by atoms with van der Waals surface area (Å²) < 4.78 is 5.08. The number of ether oxygens (including phenoxy) is 1. The van der Waals surface area contributed by atoms with Crippen molar-refractivity contribution in [2.75, 3.05) is 51.8 Å². The Morgan fingerprint density at radius 1 is 1.03 bits per heavy atom. The maximum absolute atomic E-state index is 5.08. The standard InChI is InChI=1S/C25H37N5O.HI/c1-3-26-25(28-19-21-11-13-23(14-12-21)27-15-18-31-2)29-20-24(30-16-7-8-17-30)22-9-5-4-6-10-22;/h4-6,9-14,24,27H,3,7-8,15-20H2,1-2H3,(H2,26,28,29);1H. The van der Waals surface area contributed by atoms with Crippen LogP contribution in [0.1, 0.15) is 36.9 Å². The molecule has 32 heavy (non-hydrogen) atoms. The largest absolute Gasteiger partial charge is 0.383 e. The van der Waals surface area contributed by atoms with Crippen molar-refractivity contribution in [2.24, 2.45) is 4.99 Å². The van der Waals surface area contributed by atoms with E-state index >= 15 is 0 Å². The first kappa shape index (κ1) is 26.4. The molecule has 1 saturated heterocycles. The maximum Gasteiger partial charge on any atom is 0.191 e. The minimum Gasteiger partial charge on any atom is -0.383 e. The number of methoxy groups -OCH3 is 1. The van der Waals surface area contributed by atoms with Gasteiger partial charge < -0.3 is 20.7 Å². The summed E-state index contributed by atoms with van der Waals surface area (Å²) in [6.45, 7) is 8.28. The maximum atomic E-state index is 5.08. The van der Waals surface area contributed by atoms with Crippen LogP contribution in [0.5, 0.6) is 0 Å². The topological polar surface area (TPSA) is 60.9 Å². The van der Waals surface area contributed by atoms with E-state index in [2.05, 4.69) is 82.4 Å². The van der Waals surface area contributed by atoms with Crippen LogP contribution in [0, 0.1) is 0 Å². The lowest BCUT2D eigenvalue weighted by Gasteiger charge is -2.29. The molecule has 1 aliphatic heterocycles. The van der Waals surface area contributed by atoms with Crippen LogP contribution in [-0.4, -0.2) is 57.3 Å². The van der Waals surface area contributed by atoms with E-state index < -0.39 is 0 Å². The zero-order valence-corrected chi connectivity index (χ0v) is 21.7. The summed E-state index contributed by atoms with van der Waals surface area (Å²) in [5.41, 5.74) is 3.66. The molecule has 2 aromatic rings. The van der Waals surface area contributed by atoms with Gasteiger partial charge in [-0.15, -0.1) is 24.0 Å². The van der Waals surface area contributed by atoms with Gasteiger partial charge in [-0.25, -0.2) is 4.99 Å². The summed E-state index contributed by atoms with van der Waals surface area (Å²) >= 11 is 0. The average molecular weight is 552 g/mol. The molecule has 1 heterocycles. The second-order valence-electron chi connectivity index (χ2n) is 7.86. The van der Waals surface area contributed by atoms with Gasteiger partial charge >= 0.3 is 0 Å². The van der Waals surface area contributed by atoms with E-state index in [1.54, 1.807) is 7.11 Å². The fraction of sp³-hybridized carbons (Fsp3) is 0.480. The number of aliphatic imine (C=N–C) groups is 1. The van der Waals surface area contributed by atoms with Gasteiger partial charge in [0.15, 0.2) is 5.96 Å². The molecule has 0 saturated carbocycles. The number of rotatable bonds is 11. The lowest BCUT2D eigenvalue weighted by atomic mass is 10.1. The number of hydrogen-bond donors (Lipinski definition) is 3. The lowest BCUT2D eigenvalue weighted by molar-refractivity contribution is 0.211. The van der Waals surface area contributed by atoms with Crippen LogP contribution < -0.4 is 16.0 Å². The molecule has 1 fully saturated rings. The Morgan fingerprint density at radius 3 is 2.41 bits per heavy atom. The molecule has 0 bridgehead atoms. The summed E-state index contributed by atoms with van der Waals surface area (Å²) in [7, 11) is 1.71. The van der Waals surface area contributed by atoms with Gasteiger partial charge in [0.05, 0.1) is 19.2 Å². The molecule has 6 nitrogen and oxygen atoms in total. The molecule has 176 valence electrons. The number of guanidine groups is 1. The van der Waals surface area contributed by atoms with Crippen molar-refractivity contribution < 1.29 is 4.74 Å². The van der Waals surface area contributed by atoms with Crippen LogP contribution >= 0.6 is 24.0 Å². The summed E-state index contributed by atoms with van der Waals surface area (Å²) in [5, 5.41) is 10.3. The van der Waals surface area contributed by atoms with Gasteiger partial charge in [-0.2, -0.15) is 0 Å². The van der Waals surface area contributed by atoms with Crippen LogP contribution in [-0.2, 0) is 11.3 Å². The van der Waals surface area contributed by atoms with Crippen LogP contribution in [0.2, 0.25) is 0 Å². The highest BCUT2D eigenvalue weighted by Crippen LogP contribution is 2.24. The average Bonchev–Trinajstić information content (AvgIpc) is 3.34. The number of likely N-dealkylation sites (tertiary alicyclic amines) is 1. The first-order valence-electron chi connectivity index (χ1n) is 11.4. The van der Waals surface area contributed by atoms with E-state index in [9.17, 15) is 0 Å². The Morgan fingerprint density at radius 2 is 1.75 bits per heavy atom. The molecular formula is C25H38IN5O. The van der Waals surface area contributed by atoms with Gasteiger partial charge in [-0.05, 0) is 56.1 Å². The Kier molecular flexibility index (Phi) is 12.4. The van der Waals surface area contributed by atoms with Gasteiger partial charge in [0.2, 0.25) is 0 Å². The lowest BCUT2D eigenvalue weighted by Crippen LogP contribution is -2.42. The van der Waals surface area contributed by atoms with Gasteiger partial charge in [0, 0.05) is 32.4 Å². The molecule has 7 heteroatoms. The summed E-state index contributed by atoms with van der Waals surface area (Å²) in [4.78, 5) is 7.40. The Bertz CT molecular complexity index is 779. The molecule has 0 spiro atoms. The van der Waals surface area contributed by atoms with Gasteiger partial charge in [0.1, 0.15) is 0 Å². The van der Waals surface area contributed by atoms with Crippen LogP contribution in [0.4, 0.5) is 5.69 Å². The normalized spacial score (nSPS) is 15.1. The molecule has 0 aromatic heterocycles. The highest BCUT2D eigenvalue weighted by molar-refractivity contribution is 14.0. The van der Waals surface area contributed by atoms with Gasteiger partial charge in [0.25, 0.3) is 0 Å². The molecule has 3 N–H and O–H groups in total. The van der Waals surface area contributed by atoms with Crippen LogP contribution in [0.15, 0.2) is 59.6 Å². The number of nitrogens with zero attached hydrogens (tertiary/aromatic N) is 2. The second kappa shape index (κ2) is 15.1. The highest BCUT2D eigenvalue weighted by Gasteiger charge is 2.23. The van der Waals surface area contributed by atoms with Crippen LogP contribution in [0.3, 0.4) is 0 Å². The first-order valence-corrected chi connectivity index (χ1v) is 11.4. The Labute approximate surface area is 210 Å². The molecule has 0 amide bonds. The third-order valence-corrected chi connectivity index (χ3v) is 5.58. The number of halogens is 1. The van der Waals surface area contributed by atoms with Crippen molar-refractivity contribution in [1.29, 1.82) is 0 Å². The smallest absolute Gasteiger partial charge is 0.191 e. The van der Waals surface area contributed by atoms with Crippen LogP contribution in [0.25, 0.3) is 0 Å².